The summed E-state index contributed by atoms with van der Waals surface area (Å²) in [7, 11) is 1.79. The van der Waals surface area contributed by atoms with E-state index >= 15 is 0 Å². The van der Waals surface area contributed by atoms with Crippen LogP contribution >= 0.6 is 0 Å². The molecule has 0 N–H and O–H groups in total. The Morgan fingerprint density at radius 3 is 2.43 bits per heavy atom. The summed E-state index contributed by atoms with van der Waals surface area (Å²) in [6, 6.07) is 18.0. The van der Waals surface area contributed by atoms with Crippen LogP contribution in [0.1, 0.15) is 48.9 Å². The average Bonchev–Trinajstić information content (AvgIpc) is 3.22. The van der Waals surface area contributed by atoms with Gasteiger partial charge < -0.3 is 4.90 Å². The molecule has 28 heavy (non-hydrogen) atoms. The number of aryl methyl sites for hydroxylation is 1. The molecular weight excluding hydrogens is 350 g/mol. The lowest BCUT2D eigenvalue weighted by Gasteiger charge is -2.25. The zero-order valence-electron chi connectivity index (χ0n) is 16.8. The first kappa shape index (κ1) is 19.8. The van der Waals surface area contributed by atoms with Crippen LogP contribution in [-0.4, -0.2) is 41.0 Å². The molecule has 1 unspecified atom stereocenters. The van der Waals surface area contributed by atoms with E-state index < -0.39 is 0 Å². The predicted molar refractivity (Wildman–Crippen MR) is 111 cm³/mol. The minimum atomic E-state index is -0.101. The molecule has 0 saturated heterocycles. The molecule has 5 nitrogen and oxygen atoms in total. The number of rotatable bonds is 6. The maximum Gasteiger partial charge on any atom is 0.243 e. The third-order valence-electron chi connectivity index (χ3n) is 5.28. The smallest absolute Gasteiger partial charge is 0.243 e. The first-order chi connectivity index (χ1) is 13.5. The van der Waals surface area contributed by atoms with Crippen molar-refractivity contribution in [1.82, 2.24) is 9.91 Å². The van der Waals surface area contributed by atoms with Gasteiger partial charge in [-0.25, -0.2) is 5.01 Å². The van der Waals surface area contributed by atoms with Gasteiger partial charge in [-0.2, -0.15) is 5.10 Å². The first-order valence-electron chi connectivity index (χ1n) is 9.71. The number of carbonyl (C=O) groups excluding carboxylic acids is 2. The lowest BCUT2D eigenvalue weighted by atomic mass is 10.1. The van der Waals surface area contributed by atoms with E-state index in [1.54, 1.807) is 11.9 Å². The molecule has 1 aliphatic heterocycles. The van der Waals surface area contributed by atoms with Crippen molar-refractivity contribution >= 4 is 17.5 Å². The molecule has 0 aliphatic carbocycles. The van der Waals surface area contributed by atoms with Gasteiger partial charge in [-0.3, -0.25) is 9.59 Å². The van der Waals surface area contributed by atoms with Gasteiger partial charge in [0.15, 0.2) is 0 Å². The van der Waals surface area contributed by atoms with Crippen LogP contribution in [0.15, 0.2) is 59.7 Å². The van der Waals surface area contributed by atoms with Gasteiger partial charge in [0.2, 0.25) is 11.8 Å². The molecule has 0 fully saturated rings. The Labute approximate surface area is 166 Å². The Morgan fingerprint density at radius 1 is 1.07 bits per heavy atom. The number of amides is 2. The molecule has 2 aromatic rings. The van der Waals surface area contributed by atoms with Gasteiger partial charge in [0, 0.05) is 26.3 Å². The third kappa shape index (κ3) is 4.66. The molecule has 0 spiro atoms. The van der Waals surface area contributed by atoms with Gasteiger partial charge in [0.1, 0.15) is 0 Å². The molecule has 0 saturated carbocycles. The molecule has 0 bridgehead atoms. The molecule has 2 amide bonds. The van der Waals surface area contributed by atoms with Crippen molar-refractivity contribution in [2.24, 2.45) is 5.10 Å². The van der Waals surface area contributed by atoms with Crippen LogP contribution in [0.2, 0.25) is 0 Å². The number of nitrogens with zero attached hydrogens (tertiary/aromatic N) is 3. The predicted octanol–water partition coefficient (Wildman–Crippen LogP) is 3.93. The molecule has 146 valence electrons. The molecular formula is C23H27N3O2. The van der Waals surface area contributed by atoms with Crippen LogP contribution < -0.4 is 0 Å². The molecule has 1 aliphatic rings. The summed E-state index contributed by atoms with van der Waals surface area (Å²) < 4.78 is 0. The van der Waals surface area contributed by atoms with E-state index in [1.165, 1.54) is 10.6 Å². The number of carbonyl (C=O) groups is 2. The standard InChI is InChI=1S/C23H27N3O2/c1-17-9-11-19(12-10-17)18(2)25(3)22(27)13-14-23(28)26-16-15-21(24-26)20-7-5-4-6-8-20/h4-12,18H,13-16H2,1-3H3. The van der Waals surface area contributed by atoms with Crippen molar-refractivity contribution in [3.63, 3.8) is 0 Å². The summed E-state index contributed by atoms with van der Waals surface area (Å²) >= 11 is 0. The van der Waals surface area contributed by atoms with Crippen molar-refractivity contribution in [1.29, 1.82) is 0 Å². The van der Waals surface area contributed by atoms with Crippen LogP contribution in [0.5, 0.6) is 0 Å². The van der Waals surface area contributed by atoms with E-state index in [4.69, 9.17) is 0 Å². The van der Waals surface area contributed by atoms with Gasteiger partial charge >= 0.3 is 0 Å². The van der Waals surface area contributed by atoms with Crippen molar-refractivity contribution < 1.29 is 9.59 Å². The molecule has 3 rings (SSSR count). The van der Waals surface area contributed by atoms with E-state index in [9.17, 15) is 9.59 Å². The van der Waals surface area contributed by atoms with E-state index in [2.05, 4.69) is 5.10 Å². The van der Waals surface area contributed by atoms with E-state index in [0.29, 0.717) is 6.54 Å². The summed E-state index contributed by atoms with van der Waals surface area (Å²) in [6.07, 6.45) is 1.11. The van der Waals surface area contributed by atoms with Gasteiger partial charge in [0.05, 0.1) is 18.3 Å². The van der Waals surface area contributed by atoms with E-state index in [1.807, 2.05) is 68.4 Å². The van der Waals surface area contributed by atoms with Crippen LogP contribution in [-0.2, 0) is 9.59 Å². The van der Waals surface area contributed by atoms with Crippen LogP contribution in [0, 0.1) is 6.92 Å². The SMILES string of the molecule is Cc1ccc(C(C)N(C)C(=O)CCC(=O)N2CCC(c3ccccc3)=N2)cc1. The van der Waals surface area contributed by atoms with Gasteiger partial charge in [0.25, 0.3) is 0 Å². The fourth-order valence-electron chi connectivity index (χ4n) is 3.27. The molecule has 2 aromatic carbocycles. The van der Waals surface area contributed by atoms with Crippen LogP contribution in [0.3, 0.4) is 0 Å². The Morgan fingerprint density at radius 2 is 1.75 bits per heavy atom. The largest absolute Gasteiger partial charge is 0.339 e. The highest BCUT2D eigenvalue weighted by Gasteiger charge is 2.23. The summed E-state index contributed by atoms with van der Waals surface area (Å²) in [5.74, 6) is -0.136. The Hall–Kier alpha value is -2.95. The highest BCUT2D eigenvalue weighted by molar-refractivity contribution is 6.02. The minimum Gasteiger partial charge on any atom is -0.339 e. The third-order valence-corrected chi connectivity index (χ3v) is 5.28. The Bertz CT molecular complexity index is 859. The van der Waals surface area contributed by atoms with Crippen molar-refractivity contribution in [2.45, 2.75) is 39.2 Å². The summed E-state index contributed by atoms with van der Waals surface area (Å²) in [4.78, 5) is 26.7. The lowest BCUT2D eigenvalue weighted by Crippen LogP contribution is -2.31. The second-order valence-electron chi connectivity index (χ2n) is 7.27. The average molecular weight is 377 g/mol. The van der Waals surface area contributed by atoms with Crippen molar-refractivity contribution in [3.05, 3.63) is 71.3 Å². The van der Waals surface area contributed by atoms with Crippen LogP contribution in [0.25, 0.3) is 0 Å². The number of benzene rings is 2. The van der Waals surface area contributed by atoms with E-state index in [-0.39, 0.29) is 30.7 Å². The maximum atomic E-state index is 12.5. The monoisotopic (exact) mass is 377 g/mol. The first-order valence-corrected chi connectivity index (χ1v) is 9.71. The summed E-state index contributed by atoms with van der Waals surface area (Å²) in [5, 5.41) is 5.95. The second-order valence-corrected chi connectivity index (χ2v) is 7.27. The summed E-state index contributed by atoms with van der Waals surface area (Å²) in [5.41, 5.74) is 4.24. The van der Waals surface area contributed by atoms with E-state index in [0.717, 1.165) is 23.3 Å². The highest BCUT2D eigenvalue weighted by atomic mass is 16.2. The molecule has 0 aromatic heterocycles. The van der Waals surface area contributed by atoms with Crippen molar-refractivity contribution in [3.8, 4) is 0 Å². The lowest BCUT2D eigenvalue weighted by molar-refractivity contribution is -0.137. The maximum absolute atomic E-state index is 12.5. The number of hydrogen-bond donors (Lipinski definition) is 0. The number of hydrazone groups is 1. The minimum absolute atomic E-state index is 0.0299. The zero-order valence-corrected chi connectivity index (χ0v) is 16.8. The number of hydrogen-bond acceptors (Lipinski definition) is 3. The topological polar surface area (TPSA) is 53.0 Å². The van der Waals surface area contributed by atoms with Crippen LogP contribution in [0.4, 0.5) is 0 Å². The molecule has 0 radical (unpaired) electrons. The fourth-order valence-corrected chi connectivity index (χ4v) is 3.27. The van der Waals surface area contributed by atoms with Gasteiger partial charge in [-0.15, -0.1) is 0 Å². The normalized spacial score (nSPS) is 14.5. The highest BCUT2D eigenvalue weighted by Crippen LogP contribution is 2.21. The molecule has 5 heteroatoms. The zero-order chi connectivity index (χ0) is 20.1. The Balaban J connectivity index is 1.53. The second kappa shape index (κ2) is 8.83. The Kier molecular flexibility index (Phi) is 6.24. The molecule has 1 heterocycles. The fraction of sp³-hybridized carbons (Fsp3) is 0.348. The summed E-state index contributed by atoms with van der Waals surface area (Å²) in [6.45, 7) is 4.62. The molecule has 1 atom stereocenters. The van der Waals surface area contributed by atoms with Gasteiger partial charge in [-0.05, 0) is 25.0 Å². The quantitative estimate of drug-likeness (QED) is 0.766. The van der Waals surface area contributed by atoms with Crippen molar-refractivity contribution in [2.75, 3.05) is 13.6 Å². The van der Waals surface area contributed by atoms with Gasteiger partial charge in [-0.1, -0.05) is 60.2 Å².